The smallest absolute Gasteiger partial charge is 0.120 e. The molecule has 0 bridgehead atoms. The number of aromatic amines is 4. The van der Waals surface area contributed by atoms with Crippen molar-refractivity contribution in [2.24, 2.45) is 28.9 Å². The van der Waals surface area contributed by atoms with E-state index in [1.807, 2.05) is 0 Å². The molecule has 0 fully saturated rings. The molecule has 1 atom stereocenters. The van der Waals surface area contributed by atoms with E-state index in [-0.39, 0.29) is 0 Å². The minimum absolute atomic E-state index is 0.662. The van der Waals surface area contributed by atoms with Gasteiger partial charge in [-0.2, -0.15) is 0 Å². The Bertz CT molecular complexity index is 3270. The molecule has 0 saturated carbocycles. The molecule has 1 unspecified atom stereocenters. The molecule has 0 aliphatic rings. The first-order valence-corrected chi connectivity index (χ1v) is 42.0. The number of benzene rings is 4. The van der Waals surface area contributed by atoms with Crippen LogP contribution in [0.1, 0.15) is 314 Å². The number of unbranched alkanes of at least 4 members (excludes halogenated alkanes) is 34. The lowest BCUT2D eigenvalue weighted by molar-refractivity contribution is 0.233. The fourth-order valence-corrected chi connectivity index (χ4v) is 13.9. The van der Waals surface area contributed by atoms with Crippen LogP contribution < -0.4 is 41.9 Å². The summed E-state index contributed by atoms with van der Waals surface area (Å²) in [6.07, 6.45) is 66.3. The predicted molar refractivity (Wildman–Crippen MR) is 443 cm³/mol. The highest BCUT2D eigenvalue weighted by molar-refractivity contribution is 5.87. The number of H-pyrrole nitrogens is 4. The minimum atomic E-state index is 0.662. The topological polar surface area (TPSA) is 204 Å². The number of nitrogens with two attached hydrogens (primary N) is 4. The third-order valence-corrected chi connectivity index (χ3v) is 20.4. The van der Waals surface area contributed by atoms with Crippen molar-refractivity contribution in [3.8, 4) is 23.0 Å². The normalized spacial score (nSPS) is 11.6. The summed E-state index contributed by atoms with van der Waals surface area (Å²) in [7, 11) is 0. The summed E-state index contributed by atoms with van der Waals surface area (Å²) < 4.78 is 23.9. The van der Waals surface area contributed by atoms with Gasteiger partial charge in [-0.25, -0.2) is 0 Å². The number of fused-ring (bicyclic) bond motifs is 4. The Morgan fingerprint density at radius 3 is 0.725 bits per heavy atom. The number of hydrogen-bond donors (Lipinski definition) is 8. The van der Waals surface area contributed by atoms with Crippen molar-refractivity contribution in [2.45, 2.75) is 317 Å². The van der Waals surface area contributed by atoms with Gasteiger partial charge in [0.25, 0.3) is 0 Å². The van der Waals surface area contributed by atoms with E-state index >= 15 is 0 Å². The van der Waals surface area contributed by atoms with Gasteiger partial charge in [0.05, 0.1) is 26.4 Å². The van der Waals surface area contributed by atoms with Gasteiger partial charge in [-0.15, -0.1) is 0 Å². The van der Waals surface area contributed by atoms with Gasteiger partial charge in [0.2, 0.25) is 0 Å². The van der Waals surface area contributed by atoms with Gasteiger partial charge < -0.3 is 61.8 Å². The van der Waals surface area contributed by atoms with Crippen LogP contribution in [0.3, 0.4) is 0 Å². The van der Waals surface area contributed by atoms with E-state index in [2.05, 4.69) is 152 Å². The molecular formula is C90H148N8O4. The third kappa shape index (κ3) is 36.2. The van der Waals surface area contributed by atoms with E-state index in [0.717, 1.165) is 116 Å². The van der Waals surface area contributed by atoms with Gasteiger partial charge in [0, 0.05) is 68.4 Å². The van der Waals surface area contributed by atoms with Crippen LogP contribution in [0.25, 0.3) is 43.6 Å². The van der Waals surface area contributed by atoms with Crippen molar-refractivity contribution in [2.75, 3.05) is 52.6 Å². The molecule has 0 spiro atoms. The molecule has 0 amide bonds. The summed E-state index contributed by atoms with van der Waals surface area (Å²) in [5, 5.41) is 4.96. The summed E-state index contributed by atoms with van der Waals surface area (Å²) in [4.78, 5) is 13.2. The molecule has 12 N–H and O–H groups in total. The Morgan fingerprint density at radius 2 is 0.500 bits per heavy atom. The average Bonchev–Trinajstić information content (AvgIpc) is 1.70. The van der Waals surface area contributed by atoms with Crippen LogP contribution in [0.2, 0.25) is 0 Å². The van der Waals surface area contributed by atoms with Crippen LogP contribution in [0.5, 0.6) is 23.0 Å². The van der Waals surface area contributed by atoms with Gasteiger partial charge in [0.1, 0.15) is 23.0 Å². The Morgan fingerprint density at radius 1 is 0.275 bits per heavy atom. The maximum atomic E-state index is 6.02. The quantitative estimate of drug-likeness (QED) is 0.0172. The van der Waals surface area contributed by atoms with Crippen molar-refractivity contribution < 1.29 is 18.9 Å². The van der Waals surface area contributed by atoms with Gasteiger partial charge in [-0.1, -0.05) is 266 Å². The largest absolute Gasteiger partial charge is 0.494 e. The van der Waals surface area contributed by atoms with Crippen LogP contribution >= 0.6 is 0 Å². The van der Waals surface area contributed by atoms with Crippen LogP contribution in [-0.4, -0.2) is 72.5 Å². The van der Waals surface area contributed by atoms with Crippen molar-refractivity contribution in [1.29, 1.82) is 0 Å². The number of rotatable bonds is 57. The second kappa shape index (κ2) is 57.4. The maximum Gasteiger partial charge on any atom is 0.120 e. The zero-order chi connectivity index (χ0) is 72.6. The Balaban J connectivity index is 0.000000246. The molecule has 8 rings (SSSR count). The zero-order valence-electron chi connectivity index (χ0n) is 65.5. The molecule has 8 aromatic rings. The molecule has 0 aliphatic heterocycles. The molecule has 102 heavy (non-hydrogen) atoms. The number of nitrogens with one attached hydrogen (secondary N) is 4. The van der Waals surface area contributed by atoms with Gasteiger partial charge >= 0.3 is 0 Å². The molecule has 4 aromatic heterocycles. The second-order valence-corrected chi connectivity index (χ2v) is 29.2. The van der Waals surface area contributed by atoms with E-state index in [4.69, 9.17) is 41.9 Å². The maximum absolute atomic E-state index is 6.02. The Kier molecular flexibility index (Phi) is 48.8. The first-order chi connectivity index (χ1) is 50.3. The fourth-order valence-electron chi connectivity index (χ4n) is 13.9. The van der Waals surface area contributed by atoms with Crippen molar-refractivity contribution in [1.82, 2.24) is 19.9 Å². The van der Waals surface area contributed by atoms with Gasteiger partial charge in [0.15, 0.2) is 0 Å². The molecule has 12 heteroatoms. The lowest BCUT2D eigenvalue weighted by Crippen LogP contribution is -2.11. The third-order valence-electron chi connectivity index (χ3n) is 20.4. The van der Waals surface area contributed by atoms with Crippen molar-refractivity contribution in [3.05, 3.63) is 120 Å². The lowest BCUT2D eigenvalue weighted by Gasteiger charge is -2.15. The SMILES string of the molecule is CCCCC(CC)COc1ccc2[nH]cc(CCN)c2c1.CCCCCCCCCCCCCCCCOc1ccc2[nH]cc(CCN)c2c1.CCCCCCCCCCCCCCOc1ccc2[nH]cc(CCN)c2c1.CCCCCCCCCCCCOc1ccc2[nH]cc(CCN)c2c1. The van der Waals surface area contributed by atoms with Crippen LogP contribution in [0.15, 0.2) is 97.6 Å². The van der Waals surface area contributed by atoms with Gasteiger partial charge in [-0.3, -0.25) is 0 Å². The Hall–Kier alpha value is -5.92. The highest BCUT2D eigenvalue weighted by Gasteiger charge is 2.12. The monoisotopic (exact) mass is 1410 g/mol. The van der Waals surface area contributed by atoms with E-state index in [0.29, 0.717) is 32.1 Å². The molecule has 0 aliphatic carbocycles. The molecule has 4 heterocycles. The molecule has 12 nitrogen and oxygen atoms in total. The van der Waals surface area contributed by atoms with Crippen LogP contribution in [0, 0.1) is 5.92 Å². The highest BCUT2D eigenvalue weighted by atomic mass is 16.5. The first-order valence-electron chi connectivity index (χ1n) is 42.0. The average molecular weight is 1410 g/mol. The van der Waals surface area contributed by atoms with Crippen LogP contribution in [0.4, 0.5) is 0 Å². The molecule has 0 radical (unpaired) electrons. The molecular weight excluding hydrogens is 1260 g/mol. The lowest BCUT2D eigenvalue weighted by atomic mass is 10.0. The summed E-state index contributed by atoms with van der Waals surface area (Å²) in [6, 6.07) is 25.2. The summed E-state index contributed by atoms with van der Waals surface area (Å²) in [5.41, 5.74) is 32.5. The fraction of sp³-hybridized carbons (Fsp3) is 0.644. The van der Waals surface area contributed by atoms with E-state index < -0.39 is 0 Å². The molecule has 4 aromatic carbocycles. The van der Waals surface area contributed by atoms with Gasteiger partial charge in [-0.05, 0) is 179 Å². The number of aromatic nitrogens is 4. The Labute approximate surface area is 620 Å². The predicted octanol–water partition coefficient (Wildman–Crippen LogP) is 24.5. The standard InChI is InChI=1S/C26H44N2O.C24H40N2O.C22H36N2O.C18H28N2O/c1-2-3-4-5-6-7-8-9-10-11-12-13-14-15-20-29-24-16-17-26-25(21-24)23(18-19-27)22-28-26;1-2-3-4-5-6-7-8-9-10-11-12-13-18-27-22-14-15-24-23(19-22)21(16-17-25)20-26-24;1-2-3-4-5-6-7-8-9-10-11-16-25-20-12-13-22-21(17-20)19(14-15-23)18-24-22;1-3-5-6-14(4-2)13-21-16-7-8-18-17(11-16)15(9-10-19)12-20-18/h16-17,21-22,28H,2-15,18-20,27H2,1H3;14-15,19-20,26H,2-13,16-18,25H2,1H3;12-13,17-18,24H,2-11,14-16,23H2,1H3;7-8,11-12,14,20H,3-6,9-10,13,19H2,1-2H3. The summed E-state index contributed by atoms with van der Waals surface area (Å²) >= 11 is 0. The van der Waals surface area contributed by atoms with E-state index in [1.165, 1.54) is 281 Å². The molecule has 572 valence electrons. The minimum Gasteiger partial charge on any atom is -0.494 e. The number of ether oxygens (including phenoxy) is 4. The first kappa shape index (κ1) is 86.7. The summed E-state index contributed by atoms with van der Waals surface area (Å²) in [5.74, 6) is 4.56. The number of hydrogen-bond acceptors (Lipinski definition) is 8. The van der Waals surface area contributed by atoms with Crippen molar-refractivity contribution >= 4 is 43.6 Å². The zero-order valence-corrected chi connectivity index (χ0v) is 65.5. The van der Waals surface area contributed by atoms with Crippen molar-refractivity contribution in [3.63, 3.8) is 0 Å². The van der Waals surface area contributed by atoms with E-state index in [1.54, 1.807) is 0 Å². The highest BCUT2D eigenvalue weighted by Crippen LogP contribution is 2.29. The second-order valence-electron chi connectivity index (χ2n) is 29.2. The summed E-state index contributed by atoms with van der Waals surface area (Å²) in [6.45, 7) is 17.3. The van der Waals surface area contributed by atoms with E-state index in [9.17, 15) is 0 Å². The van der Waals surface area contributed by atoms with Crippen LogP contribution in [-0.2, 0) is 25.7 Å². The molecule has 0 saturated heterocycles.